The van der Waals surface area contributed by atoms with Gasteiger partial charge in [-0.15, -0.1) is 35.9 Å². The molecule has 4 atom stereocenters. The van der Waals surface area contributed by atoms with E-state index in [2.05, 4.69) is 64.1 Å². The summed E-state index contributed by atoms with van der Waals surface area (Å²) in [6.07, 6.45) is 2.31. The summed E-state index contributed by atoms with van der Waals surface area (Å²) in [6, 6.07) is 29.5. The van der Waals surface area contributed by atoms with E-state index in [-0.39, 0.29) is 31.1 Å². The van der Waals surface area contributed by atoms with E-state index in [9.17, 15) is 8.42 Å². The Morgan fingerprint density at radius 2 is 1.31 bits per heavy atom. The van der Waals surface area contributed by atoms with Crippen LogP contribution in [-0.2, 0) is 44.8 Å². The van der Waals surface area contributed by atoms with Crippen molar-refractivity contribution in [3.8, 4) is 11.1 Å². The normalized spacial score (nSPS) is 32.1. The Bertz CT molecular complexity index is 1320. The maximum atomic E-state index is 9.19. The van der Waals surface area contributed by atoms with Crippen molar-refractivity contribution in [2.75, 3.05) is 12.0 Å². The zero-order valence-corrected chi connectivity index (χ0v) is 25.9. The van der Waals surface area contributed by atoms with E-state index < -0.39 is 29.6 Å². The van der Waals surface area contributed by atoms with E-state index in [1.807, 2.05) is 48.5 Å². The van der Waals surface area contributed by atoms with Gasteiger partial charge in [0.25, 0.3) is 10.1 Å². The largest absolute Gasteiger partial charge is 0.406 e. The molecular formula is C29H35NO6PPdS-. The number of rotatable bonds is 2. The first-order chi connectivity index (χ1) is 17.6. The van der Waals surface area contributed by atoms with Crippen molar-refractivity contribution >= 4 is 29.0 Å². The van der Waals surface area contributed by atoms with Crippen LogP contribution in [0.15, 0.2) is 78.9 Å². The molecule has 4 aliphatic heterocycles. The summed E-state index contributed by atoms with van der Waals surface area (Å²) in [5, 5.41) is 1.01. The van der Waals surface area contributed by atoms with Crippen LogP contribution in [0.4, 0.5) is 5.69 Å². The van der Waals surface area contributed by atoms with Gasteiger partial charge >= 0.3 is 0 Å². The second kappa shape index (κ2) is 11.7. The molecule has 3 aromatic rings. The monoisotopic (exact) mass is 662 g/mol. The summed E-state index contributed by atoms with van der Waals surface area (Å²) in [6.45, 7) is 8.59. The molecule has 214 valence electrons. The van der Waals surface area contributed by atoms with Crippen LogP contribution in [0.25, 0.3) is 11.1 Å². The fourth-order valence-electron chi connectivity index (χ4n) is 6.01. The summed E-state index contributed by atoms with van der Waals surface area (Å²) in [4.78, 5) is 0. The standard InChI is InChI=1S/C16H21O3P.C12H10N.CH4O3S.Pd/c1-13-10-15(3)19-14(2,17-13)11-16(4,18-13)20(15)12-8-6-5-7-9-12;13-12-9-5-4-8-11(12)10-6-2-1-3-7-10;1-5(2,3)4;/h5-9H,10-11H2,1-4H3;1-6,8-9H,13H2;1H3,(H,2,3,4);/q;-1;;. The molecule has 0 amide bonds. The topological polar surface area (TPSA) is 108 Å². The van der Waals surface area contributed by atoms with Crippen molar-refractivity contribution in [3.05, 3.63) is 84.9 Å². The van der Waals surface area contributed by atoms with E-state index in [0.717, 1.165) is 29.7 Å². The molecule has 4 bridgehead atoms. The molecule has 4 aliphatic rings. The molecule has 4 fully saturated rings. The first kappa shape index (κ1) is 31.9. The van der Waals surface area contributed by atoms with Crippen LogP contribution < -0.4 is 11.0 Å². The van der Waals surface area contributed by atoms with Gasteiger partial charge in [0.05, 0.1) is 16.9 Å². The van der Waals surface area contributed by atoms with Crippen LogP contribution in [0.3, 0.4) is 0 Å². The van der Waals surface area contributed by atoms with Crippen molar-refractivity contribution in [2.24, 2.45) is 0 Å². The third-order valence-corrected chi connectivity index (χ3v) is 9.73. The molecule has 0 saturated carbocycles. The third-order valence-electron chi connectivity index (χ3n) is 6.52. The maximum Gasteiger partial charge on any atom is 0.261 e. The molecule has 3 N–H and O–H groups in total. The van der Waals surface area contributed by atoms with Crippen molar-refractivity contribution in [2.45, 2.75) is 62.8 Å². The zero-order valence-electron chi connectivity index (χ0n) is 22.7. The van der Waals surface area contributed by atoms with Crippen LogP contribution in [-0.4, -0.2) is 41.5 Å². The van der Waals surface area contributed by atoms with E-state index in [1.54, 1.807) is 0 Å². The van der Waals surface area contributed by atoms with Crippen LogP contribution in [0.5, 0.6) is 0 Å². The van der Waals surface area contributed by atoms with Crippen molar-refractivity contribution in [3.63, 3.8) is 0 Å². The van der Waals surface area contributed by atoms with Gasteiger partial charge in [0.1, 0.15) is 0 Å². The number of hydrogen-bond acceptors (Lipinski definition) is 6. The molecule has 7 rings (SSSR count). The van der Waals surface area contributed by atoms with E-state index >= 15 is 0 Å². The fourth-order valence-corrected chi connectivity index (χ4v) is 10.0. The number of benzene rings is 3. The van der Waals surface area contributed by atoms with Gasteiger partial charge in [-0.3, -0.25) is 4.55 Å². The molecule has 7 nitrogen and oxygen atoms in total. The molecular weight excluding hydrogens is 628 g/mol. The van der Waals surface area contributed by atoms with Gasteiger partial charge < -0.3 is 19.9 Å². The molecule has 0 aliphatic carbocycles. The van der Waals surface area contributed by atoms with Gasteiger partial charge in [0, 0.05) is 33.3 Å². The maximum absolute atomic E-state index is 9.19. The third kappa shape index (κ3) is 7.55. The number of nitrogens with two attached hydrogens (primary N) is 1. The van der Waals surface area contributed by atoms with Crippen molar-refractivity contribution < 1.29 is 47.6 Å². The molecule has 3 aromatic carbocycles. The smallest absolute Gasteiger partial charge is 0.261 e. The molecule has 4 saturated heterocycles. The minimum Gasteiger partial charge on any atom is -0.406 e. The van der Waals surface area contributed by atoms with Gasteiger partial charge in [-0.2, -0.15) is 8.42 Å². The first-order valence-electron chi connectivity index (χ1n) is 12.3. The minimum absolute atomic E-state index is 0. The van der Waals surface area contributed by atoms with Gasteiger partial charge in [-0.1, -0.05) is 54.1 Å². The second-order valence-corrected chi connectivity index (χ2v) is 15.1. The molecule has 4 heterocycles. The van der Waals surface area contributed by atoms with Crippen molar-refractivity contribution in [1.82, 2.24) is 0 Å². The fraction of sp³-hybridized carbons (Fsp3) is 0.379. The summed E-state index contributed by atoms with van der Waals surface area (Å²) >= 11 is 0. The van der Waals surface area contributed by atoms with Crippen LogP contribution >= 0.6 is 7.92 Å². The van der Waals surface area contributed by atoms with Crippen LogP contribution in [0, 0.1) is 6.07 Å². The molecule has 0 radical (unpaired) electrons. The predicted molar refractivity (Wildman–Crippen MR) is 152 cm³/mol. The number of ether oxygens (including phenoxy) is 3. The Labute approximate surface area is 246 Å². The number of anilines is 1. The van der Waals surface area contributed by atoms with E-state index in [1.165, 1.54) is 5.30 Å². The Morgan fingerprint density at radius 1 is 0.821 bits per heavy atom. The Hall–Kier alpha value is -1.66. The van der Waals surface area contributed by atoms with Crippen molar-refractivity contribution in [1.29, 1.82) is 0 Å². The number of nitrogen functional groups attached to an aromatic ring is 1. The van der Waals surface area contributed by atoms with Crippen LogP contribution in [0.1, 0.15) is 40.5 Å². The SMILES string of the molecule is CC12CC3(C)OC(C)(CC(C)(O1)P3c1ccccc1)O2.CS(=O)(=O)O.Nc1ccccc1-c1[c-]cccc1.[Pd]. The van der Waals surface area contributed by atoms with Gasteiger partial charge in [-0.05, 0) is 52.7 Å². The van der Waals surface area contributed by atoms with Crippen LogP contribution in [0.2, 0.25) is 0 Å². The Balaban J connectivity index is 0.000000191. The van der Waals surface area contributed by atoms with Gasteiger partial charge in [0.2, 0.25) is 0 Å². The van der Waals surface area contributed by atoms with Gasteiger partial charge in [-0.25, -0.2) is 0 Å². The first-order valence-corrected chi connectivity index (χ1v) is 15.5. The quantitative estimate of drug-likeness (QED) is 0.118. The minimum atomic E-state index is -3.67. The average molecular weight is 663 g/mol. The Kier molecular flexibility index (Phi) is 9.54. The van der Waals surface area contributed by atoms with E-state index in [4.69, 9.17) is 24.5 Å². The summed E-state index contributed by atoms with van der Waals surface area (Å²) in [5.74, 6) is -1.02. The second-order valence-electron chi connectivity index (χ2n) is 10.5. The molecule has 0 aromatic heterocycles. The average Bonchev–Trinajstić information content (AvgIpc) is 2.77. The summed E-state index contributed by atoms with van der Waals surface area (Å²) in [7, 11) is -4.22. The van der Waals surface area contributed by atoms with E-state index in [0.29, 0.717) is 6.26 Å². The predicted octanol–water partition coefficient (Wildman–Crippen LogP) is 5.77. The molecule has 0 spiro atoms. The summed E-state index contributed by atoms with van der Waals surface area (Å²) in [5.41, 5.74) is 8.72. The molecule has 39 heavy (non-hydrogen) atoms. The zero-order chi connectivity index (χ0) is 27.8. The molecule has 4 unspecified atom stereocenters. The number of hydrogen-bond donors (Lipinski definition) is 2. The molecule has 10 heteroatoms. The summed E-state index contributed by atoms with van der Waals surface area (Å²) < 4.78 is 44.8. The number of para-hydroxylation sites is 1. The Morgan fingerprint density at radius 3 is 1.79 bits per heavy atom. The van der Waals surface area contributed by atoms with Gasteiger partial charge in [0.15, 0.2) is 11.6 Å².